The summed E-state index contributed by atoms with van der Waals surface area (Å²) < 4.78 is 65.5. The maximum absolute atomic E-state index is 13.5. The first-order valence-corrected chi connectivity index (χ1v) is 10.0. The van der Waals surface area contributed by atoms with E-state index in [1.807, 2.05) is 0 Å². The van der Waals surface area contributed by atoms with E-state index in [-0.39, 0.29) is 29.7 Å². The zero-order valence-electron chi connectivity index (χ0n) is 16.9. The Morgan fingerprint density at radius 3 is 2.41 bits per heavy atom. The molecule has 0 radical (unpaired) electrons. The number of nitrogens with zero attached hydrogens (tertiary/aromatic N) is 1. The van der Waals surface area contributed by atoms with Crippen LogP contribution in [-0.4, -0.2) is 29.1 Å². The van der Waals surface area contributed by atoms with E-state index in [0.29, 0.717) is 25.7 Å². The lowest BCUT2D eigenvalue weighted by Crippen LogP contribution is -2.47. The average molecular weight is 455 g/mol. The number of rotatable bonds is 4. The third kappa shape index (κ3) is 6.49. The Labute approximate surface area is 181 Å². The second-order valence-corrected chi connectivity index (χ2v) is 7.60. The van der Waals surface area contributed by atoms with Crippen molar-refractivity contribution in [1.29, 1.82) is 0 Å². The number of benzene rings is 2. The Morgan fingerprint density at radius 2 is 1.75 bits per heavy atom. The molecule has 10 heteroatoms. The van der Waals surface area contributed by atoms with Crippen LogP contribution in [0.3, 0.4) is 0 Å². The first-order chi connectivity index (χ1) is 15.1. The number of carbonyl (C=O) groups is 1. The van der Waals surface area contributed by atoms with Gasteiger partial charge in [-0.3, -0.25) is 10.1 Å². The summed E-state index contributed by atoms with van der Waals surface area (Å²) in [6.45, 7) is -0.153. The highest BCUT2D eigenvalue weighted by atomic mass is 19.4. The van der Waals surface area contributed by atoms with Crippen LogP contribution >= 0.6 is 0 Å². The van der Waals surface area contributed by atoms with E-state index in [9.17, 15) is 31.9 Å². The third-order valence-electron chi connectivity index (χ3n) is 5.13. The van der Waals surface area contributed by atoms with E-state index in [0.717, 1.165) is 30.3 Å². The molecule has 0 spiro atoms. The number of carbonyl (C=O) groups excluding carboxylic acids is 1. The normalized spacial score (nSPS) is 19.5. The van der Waals surface area contributed by atoms with Gasteiger partial charge in [-0.15, -0.1) is 0 Å². The van der Waals surface area contributed by atoms with Gasteiger partial charge < -0.3 is 10.4 Å². The van der Waals surface area contributed by atoms with Gasteiger partial charge in [0, 0.05) is 11.6 Å². The Hall–Kier alpha value is -3.01. The first kappa shape index (κ1) is 23.6. The zero-order valence-corrected chi connectivity index (χ0v) is 16.9. The summed E-state index contributed by atoms with van der Waals surface area (Å²) in [4.78, 5) is 16.7. The summed E-state index contributed by atoms with van der Waals surface area (Å²) in [5.41, 5.74) is -0.677. The molecule has 5 nitrogen and oxygen atoms in total. The lowest BCUT2D eigenvalue weighted by molar-refractivity contribution is -0.137. The van der Waals surface area contributed by atoms with Crippen LogP contribution < -0.4 is 10.6 Å². The molecule has 2 aromatic carbocycles. The van der Waals surface area contributed by atoms with Crippen LogP contribution in [0, 0.1) is 11.6 Å². The van der Waals surface area contributed by atoms with E-state index in [4.69, 9.17) is 0 Å². The molecule has 32 heavy (non-hydrogen) atoms. The van der Waals surface area contributed by atoms with Gasteiger partial charge in [-0.2, -0.15) is 13.2 Å². The van der Waals surface area contributed by atoms with Gasteiger partial charge >= 0.3 is 6.18 Å². The molecule has 1 amide bonds. The quantitative estimate of drug-likeness (QED) is 0.368. The van der Waals surface area contributed by atoms with Gasteiger partial charge in [0.15, 0.2) is 17.6 Å². The number of hydrogen-bond acceptors (Lipinski definition) is 3. The van der Waals surface area contributed by atoms with Crippen molar-refractivity contribution in [3.63, 3.8) is 0 Å². The molecule has 1 saturated carbocycles. The lowest BCUT2D eigenvalue weighted by atomic mass is 9.93. The highest BCUT2D eigenvalue weighted by molar-refractivity contribution is 6.05. The summed E-state index contributed by atoms with van der Waals surface area (Å²) in [5, 5.41) is 15.2. The van der Waals surface area contributed by atoms with Crippen LogP contribution in [0.1, 0.15) is 47.2 Å². The first-order valence-electron chi connectivity index (χ1n) is 10.0. The van der Waals surface area contributed by atoms with Gasteiger partial charge in [-0.05, 0) is 61.6 Å². The molecule has 0 aliphatic heterocycles. The maximum Gasteiger partial charge on any atom is 0.416 e. The van der Waals surface area contributed by atoms with Gasteiger partial charge in [0.2, 0.25) is 0 Å². The molecule has 0 aromatic heterocycles. The fourth-order valence-corrected chi connectivity index (χ4v) is 3.37. The average Bonchev–Trinajstić information content (AvgIpc) is 2.75. The summed E-state index contributed by atoms with van der Waals surface area (Å²) in [6.07, 6.45) is -2.60. The Kier molecular flexibility index (Phi) is 7.44. The highest BCUT2D eigenvalue weighted by Gasteiger charge is 2.30. The number of nitrogens with one attached hydrogen (secondary N) is 2. The van der Waals surface area contributed by atoms with Crippen molar-refractivity contribution in [2.75, 3.05) is 0 Å². The van der Waals surface area contributed by atoms with Crippen LogP contribution in [0.15, 0.2) is 47.5 Å². The van der Waals surface area contributed by atoms with Crippen molar-refractivity contribution >= 4 is 11.9 Å². The molecule has 1 aliphatic rings. The van der Waals surface area contributed by atoms with Crippen LogP contribution in [0.2, 0.25) is 0 Å². The Morgan fingerprint density at radius 1 is 1.03 bits per heavy atom. The minimum atomic E-state index is -4.50. The van der Waals surface area contributed by atoms with Crippen LogP contribution in [0.4, 0.5) is 22.0 Å². The molecule has 172 valence electrons. The van der Waals surface area contributed by atoms with E-state index in [1.54, 1.807) is 0 Å². The smallest absolute Gasteiger partial charge is 0.393 e. The molecule has 3 rings (SSSR count). The van der Waals surface area contributed by atoms with Crippen LogP contribution in [-0.2, 0) is 12.7 Å². The second kappa shape index (κ2) is 10.1. The van der Waals surface area contributed by atoms with Gasteiger partial charge in [-0.1, -0.05) is 12.1 Å². The SMILES string of the molecule is O=C(NC(=NCc1cccc(C(F)(F)F)c1)NC1CCC(O)CC1)c1ccc(F)c(F)c1. The van der Waals surface area contributed by atoms with E-state index < -0.39 is 35.4 Å². The summed E-state index contributed by atoms with van der Waals surface area (Å²) >= 11 is 0. The second-order valence-electron chi connectivity index (χ2n) is 7.60. The number of amides is 1. The predicted octanol–water partition coefficient (Wildman–Crippen LogP) is 4.16. The highest BCUT2D eigenvalue weighted by Crippen LogP contribution is 2.29. The summed E-state index contributed by atoms with van der Waals surface area (Å²) in [7, 11) is 0. The van der Waals surface area contributed by atoms with Crippen LogP contribution in [0.5, 0.6) is 0 Å². The topological polar surface area (TPSA) is 73.7 Å². The molecule has 0 bridgehead atoms. The van der Waals surface area contributed by atoms with Gasteiger partial charge in [0.25, 0.3) is 5.91 Å². The third-order valence-corrected chi connectivity index (χ3v) is 5.13. The molecular weight excluding hydrogens is 433 g/mol. The molecule has 1 fully saturated rings. The molecule has 3 N–H and O–H groups in total. The molecular formula is C22H22F5N3O2. The van der Waals surface area contributed by atoms with Gasteiger partial charge in [0.1, 0.15) is 0 Å². The maximum atomic E-state index is 13.5. The standard InChI is InChI=1S/C22H22F5N3O2/c23-18-9-4-14(11-19(18)24)20(32)30-21(29-16-5-7-17(31)8-6-16)28-12-13-2-1-3-15(10-13)22(25,26)27/h1-4,9-11,16-17,31H,5-8,12H2,(H2,28,29,30,32). The number of aliphatic hydroxyl groups excluding tert-OH is 1. The molecule has 2 aromatic rings. The van der Waals surface area contributed by atoms with E-state index in [2.05, 4.69) is 15.6 Å². The molecule has 0 atom stereocenters. The van der Waals surface area contributed by atoms with E-state index in [1.165, 1.54) is 12.1 Å². The minimum absolute atomic E-state index is 0.00136. The fraction of sp³-hybridized carbons (Fsp3) is 0.364. The largest absolute Gasteiger partial charge is 0.416 e. The predicted molar refractivity (Wildman–Crippen MR) is 108 cm³/mol. The molecule has 1 aliphatic carbocycles. The fourth-order valence-electron chi connectivity index (χ4n) is 3.37. The number of guanidine groups is 1. The number of alkyl halides is 3. The summed E-state index contributed by atoms with van der Waals surface area (Å²) in [5.74, 6) is -3.04. The van der Waals surface area contributed by atoms with Crippen LogP contribution in [0.25, 0.3) is 0 Å². The van der Waals surface area contributed by atoms with Crippen molar-refractivity contribution in [2.24, 2.45) is 4.99 Å². The Balaban J connectivity index is 1.78. The molecule has 0 saturated heterocycles. The van der Waals surface area contributed by atoms with Gasteiger partial charge in [0.05, 0.1) is 18.2 Å². The van der Waals surface area contributed by atoms with Crippen molar-refractivity contribution in [3.05, 3.63) is 70.8 Å². The molecule has 0 heterocycles. The number of halogens is 5. The monoisotopic (exact) mass is 455 g/mol. The lowest BCUT2D eigenvalue weighted by Gasteiger charge is -2.27. The minimum Gasteiger partial charge on any atom is -0.393 e. The van der Waals surface area contributed by atoms with E-state index >= 15 is 0 Å². The Bertz CT molecular complexity index is 986. The van der Waals surface area contributed by atoms with Crippen molar-refractivity contribution in [2.45, 2.75) is 50.6 Å². The number of aliphatic imine (C=N–C) groups is 1. The van der Waals surface area contributed by atoms with Crippen molar-refractivity contribution in [1.82, 2.24) is 10.6 Å². The summed E-state index contributed by atoms with van der Waals surface area (Å²) in [6, 6.07) is 7.21. The number of hydrogen-bond donors (Lipinski definition) is 3. The van der Waals surface area contributed by atoms with Crippen molar-refractivity contribution in [3.8, 4) is 0 Å². The van der Waals surface area contributed by atoms with Gasteiger partial charge in [-0.25, -0.2) is 13.8 Å². The van der Waals surface area contributed by atoms with Crippen molar-refractivity contribution < 1.29 is 31.9 Å². The number of aliphatic hydroxyl groups is 1. The zero-order chi connectivity index (χ0) is 23.3. The molecule has 0 unspecified atom stereocenters.